The van der Waals surface area contributed by atoms with E-state index in [1.54, 1.807) is 12.1 Å². The highest BCUT2D eigenvalue weighted by Gasteiger charge is 2.16. The number of esters is 1. The molecule has 0 aliphatic heterocycles. The zero-order chi connectivity index (χ0) is 19.3. The van der Waals surface area contributed by atoms with Crippen LogP contribution in [0.4, 0.5) is 5.69 Å². The van der Waals surface area contributed by atoms with Crippen molar-refractivity contribution in [3.8, 4) is 0 Å². The number of hydrogen-bond donors (Lipinski definition) is 1. The predicted molar refractivity (Wildman–Crippen MR) is 107 cm³/mol. The molecule has 0 unspecified atom stereocenters. The highest BCUT2D eigenvalue weighted by Crippen LogP contribution is 2.27. The molecule has 2 rings (SSSR count). The van der Waals surface area contributed by atoms with Gasteiger partial charge in [-0.2, -0.15) is 0 Å². The number of anilines is 1. The van der Waals surface area contributed by atoms with Crippen LogP contribution in [0.1, 0.15) is 41.3 Å². The molecular weight excluding hydrogens is 370 g/mol. The van der Waals surface area contributed by atoms with E-state index in [0.29, 0.717) is 5.02 Å². The number of thioether (sulfide) groups is 1. The standard InChI is InChI=1S/C20H22ClNO3S/c1-12(2)15-7-5-6-13(3)19(15)22-18(23)11-25-20(24)16-10-14(26-4)8-9-17(16)21/h5-10,12H,11H2,1-4H3,(H,22,23). The molecule has 2 aromatic rings. The Balaban J connectivity index is 2.05. The van der Waals surface area contributed by atoms with Crippen LogP contribution in [0.3, 0.4) is 0 Å². The average Bonchev–Trinajstić information content (AvgIpc) is 2.61. The van der Waals surface area contributed by atoms with Crippen molar-refractivity contribution >= 4 is 40.9 Å². The van der Waals surface area contributed by atoms with Crippen LogP contribution in [0, 0.1) is 6.92 Å². The minimum absolute atomic E-state index is 0.255. The lowest BCUT2D eigenvalue weighted by atomic mass is 9.98. The van der Waals surface area contributed by atoms with Crippen LogP contribution in [0.15, 0.2) is 41.3 Å². The lowest BCUT2D eigenvalue weighted by Crippen LogP contribution is -2.22. The second kappa shape index (κ2) is 9.10. The van der Waals surface area contributed by atoms with Gasteiger partial charge in [0.15, 0.2) is 6.61 Å². The number of amides is 1. The molecule has 26 heavy (non-hydrogen) atoms. The third-order valence-electron chi connectivity index (χ3n) is 3.92. The number of carbonyl (C=O) groups is 2. The first-order valence-corrected chi connectivity index (χ1v) is 9.83. The molecule has 0 radical (unpaired) electrons. The third-order valence-corrected chi connectivity index (χ3v) is 4.97. The molecule has 1 N–H and O–H groups in total. The molecule has 6 heteroatoms. The Hall–Kier alpha value is -1.98. The first-order chi connectivity index (χ1) is 12.3. The largest absolute Gasteiger partial charge is 0.452 e. The summed E-state index contributed by atoms with van der Waals surface area (Å²) in [7, 11) is 0. The zero-order valence-corrected chi connectivity index (χ0v) is 16.8. The monoisotopic (exact) mass is 391 g/mol. The van der Waals surface area contributed by atoms with E-state index in [2.05, 4.69) is 19.2 Å². The minimum atomic E-state index is -0.616. The number of para-hydroxylation sites is 1. The van der Waals surface area contributed by atoms with Crippen LogP contribution in [0.25, 0.3) is 0 Å². The van der Waals surface area contributed by atoms with Crippen molar-refractivity contribution in [2.75, 3.05) is 18.2 Å². The van der Waals surface area contributed by atoms with Gasteiger partial charge in [0.1, 0.15) is 0 Å². The molecule has 1 amide bonds. The van der Waals surface area contributed by atoms with E-state index in [0.717, 1.165) is 21.7 Å². The molecular formula is C20H22ClNO3S. The maximum atomic E-state index is 12.3. The summed E-state index contributed by atoms with van der Waals surface area (Å²) in [5, 5.41) is 3.15. The van der Waals surface area contributed by atoms with Gasteiger partial charge in [-0.1, -0.05) is 43.6 Å². The Morgan fingerprint density at radius 2 is 1.96 bits per heavy atom. The van der Waals surface area contributed by atoms with Gasteiger partial charge in [-0.05, 0) is 48.4 Å². The summed E-state index contributed by atoms with van der Waals surface area (Å²) in [6.45, 7) is 5.68. The molecule has 0 saturated carbocycles. The number of hydrogen-bond acceptors (Lipinski definition) is 4. The highest BCUT2D eigenvalue weighted by atomic mass is 35.5. The van der Waals surface area contributed by atoms with E-state index in [4.69, 9.17) is 16.3 Å². The van der Waals surface area contributed by atoms with Crippen molar-refractivity contribution in [2.45, 2.75) is 31.6 Å². The summed E-state index contributed by atoms with van der Waals surface area (Å²) in [5.41, 5.74) is 3.03. The predicted octanol–water partition coefficient (Wildman–Crippen LogP) is 5.29. The van der Waals surface area contributed by atoms with Gasteiger partial charge in [0.2, 0.25) is 0 Å². The lowest BCUT2D eigenvalue weighted by Gasteiger charge is -2.16. The maximum Gasteiger partial charge on any atom is 0.340 e. The molecule has 0 heterocycles. The number of ether oxygens (including phenoxy) is 1. The van der Waals surface area contributed by atoms with E-state index < -0.39 is 5.97 Å². The molecule has 0 aliphatic carbocycles. The summed E-state index contributed by atoms with van der Waals surface area (Å²) in [6, 6.07) is 11.0. The van der Waals surface area contributed by atoms with E-state index >= 15 is 0 Å². The van der Waals surface area contributed by atoms with E-state index in [9.17, 15) is 9.59 Å². The molecule has 0 aromatic heterocycles. The average molecular weight is 392 g/mol. The number of aryl methyl sites for hydroxylation is 1. The number of carbonyl (C=O) groups excluding carboxylic acids is 2. The molecule has 0 spiro atoms. The Labute approximate surface area is 163 Å². The molecule has 0 fully saturated rings. The van der Waals surface area contributed by atoms with Gasteiger partial charge >= 0.3 is 5.97 Å². The van der Waals surface area contributed by atoms with Gasteiger partial charge in [0, 0.05) is 10.6 Å². The van der Waals surface area contributed by atoms with E-state index in [1.807, 2.05) is 37.4 Å². The van der Waals surface area contributed by atoms with E-state index in [-0.39, 0.29) is 24.0 Å². The fourth-order valence-corrected chi connectivity index (χ4v) is 3.15. The first kappa shape index (κ1) is 20.3. The number of benzene rings is 2. The fourth-order valence-electron chi connectivity index (χ4n) is 2.51. The number of rotatable bonds is 6. The van der Waals surface area contributed by atoms with Gasteiger partial charge in [0.25, 0.3) is 5.91 Å². The van der Waals surface area contributed by atoms with Crippen LogP contribution < -0.4 is 5.32 Å². The molecule has 2 aromatic carbocycles. The molecule has 138 valence electrons. The van der Waals surface area contributed by atoms with E-state index in [1.165, 1.54) is 11.8 Å². The van der Waals surface area contributed by atoms with Crippen LogP contribution in [-0.2, 0) is 9.53 Å². The van der Waals surface area contributed by atoms with Crippen molar-refractivity contribution in [1.82, 2.24) is 0 Å². The minimum Gasteiger partial charge on any atom is -0.452 e. The second-order valence-electron chi connectivity index (χ2n) is 6.16. The summed E-state index contributed by atoms with van der Waals surface area (Å²) in [5.74, 6) is -0.734. The van der Waals surface area contributed by atoms with Crippen molar-refractivity contribution in [3.63, 3.8) is 0 Å². The normalized spacial score (nSPS) is 10.7. The molecule has 0 saturated heterocycles. The molecule has 4 nitrogen and oxygen atoms in total. The second-order valence-corrected chi connectivity index (χ2v) is 7.45. The van der Waals surface area contributed by atoms with Gasteiger partial charge < -0.3 is 10.1 Å². The van der Waals surface area contributed by atoms with Crippen molar-refractivity contribution in [1.29, 1.82) is 0 Å². The maximum absolute atomic E-state index is 12.3. The smallest absolute Gasteiger partial charge is 0.340 e. The summed E-state index contributed by atoms with van der Waals surface area (Å²) >= 11 is 7.55. The Kier molecular flexibility index (Phi) is 7.12. The highest BCUT2D eigenvalue weighted by molar-refractivity contribution is 7.98. The van der Waals surface area contributed by atoms with Gasteiger partial charge in [-0.15, -0.1) is 11.8 Å². The SMILES string of the molecule is CSc1ccc(Cl)c(C(=O)OCC(=O)Nc2c(C)cccc2C(C)C)c1. The Bertz CT molecular complexity index is 821. The van der Waals surface area contributed by atoms with Crippen LogP contribution in [-0.4, -0.2) is 24.7 Å². The number of nitrogens with one attached hydrogen (secondary N) is 1. The van der Waals surface area contributed by atoms with Gasteiger partial charge in [0.05, 0.1) is 10.6 Å². The Morgan fingerprint density at radius 1 is 1.23 bits per heavy atom. The summed E-state index contributed by atoms with van der Waals surface area (Å²) < 4.78 is 5.14. The zero-order valence-electron chi connectivity index (χ0n) is 15.3. The summed E-state index contributed by atoms with van der Waals surface area (Å²) in [6.07, 6.45) is 1.90. The van der Waals surface area contributed by atoms with Crippen LogP contribution in [0.2, 0.25) is 5.02 Å². The van der Waals surface area contributed by atoms with Gasteiger partial charge in [-0.25, -0.2) is 4.79 Å². The van der Waals surface area contributed by atoms with Crippen molar-refractivity contribution < 1.29 is 14.3 Å². The van der Waals surface area contributed by atoms with Crippen LogP contribution in [0.5, 0.6) is 0 Å². The Morgan fingerprint density at radius 3 is 2.62 bits per heavy atom. The third kappa shape index (κ3) is 5.02. The quantitative estimate of drug-likeness (QED) is 0.537. The summed E-state index contributed by atoms with van der Waals surface area (Å²) in [4.78, 5) is 25.4. The first-order valence-electron chi connectivity index (χ1n) is 8.23. The molecule has 0 aliphatic rings. The fraction of sp³-hybridized carbons (Fsp3) is 0.300. The number of halogens is 1. The van der Waals surface area contributed by atoms with Gasteiger partial charge in [-0.3, -0.25) is 4.79 Å². The van der Waals surface area contributed by atoms with Crippen molar-refractivity contribution in [3.05, 3.63) is 58.1 Å². The topological polar surface area (TPSA) is 55.4 Å². The molecule has 0 atom stereocenters. The lowest BCUT2D eigenvalue weighted by molar-refractivity contribution is -0.119. The molecule has 0 bridgehead atoms. The van der Waals surface area contributed by atoms with Crippen molar-refractivity contribution in [2.24, 2.45) is 0 Å². The van der Waals surface area contributed by atoms with Crippen LogP contribution >= 0.6 is 23.4 Å².